The van der Waals surface area contributed by atoms with Gasteiger partial charge in [0.05, 0.1) is 0 Å². The number of fused-ring (bicyclic) bond motifs is 1. The molecule has 0 saturated heterocycles. The van der Waals surface area contributed by atoms with E-state index in [1.54, 1.807) is 0 Å². The van der Waals surface area contributed by atoms with Gasteiger partial charge in [0.2, 0.25) is 0 Å². The Morgan fingerprint density at radius 2 is 2.29 bits per heavy atom. The van der Waals surface area contributed by atoms with E-state index >= 15 is 0 Å². The summed E-state index contributed by atoms with van der Waals surface area (Å²) in [6.07, 6.45) is 2.41. The molecule has 1 aliphatic rings. The number of nitrogens with one attached hydrogen (secondary N) is 1. The number of benzene rings is 1. The van der Waals surface area contributed by atoms with Gasteiger partial charge in [-0.3, -0.25) is 4.79 Å². The Morgan fingerprint density at radius 3 is 3.00 bits per heavy atom. The molecular formula is C14H19NO2. The lowest BCUT2D eigenvalue weighted by atomic mass is 10.1. The van der Waals surface area contributed by atoms with E-state index in [4.69, 9.17) is 4.74 Å². The Kier molecular flexibility index (Phi) is 3.67. The van der Waals surface area contributed by atoms with Crippen molar-refractivity contribution in [2.75, 3.05) is 0 Å². The summed E-state index contributed by atoms with van der Waals surface area (Å²) in [5, 5.41) is 2.99. The van der Waals surface area contributed by atoms with Gasteiger partial charge in [0, 0.05) is 12.5 Å². The molecule has 0 unspecified atom stereocenters. The van der Waals surface area contributed by atoms with Crippen molar-refractivity contribution in [1.82, 2.24) is 5.32 Å². The van der Waals surface area contributed by atoms with Gasteiger partial charge >= 0.3 is 0 Å². The van der Waals surface area contributed by atoms with Gasteiger partial charge in [-0.2, -0.15) is 0 Å². The van der Waals surface area contributed by atoms with E-state index in [1.165, 1.54) is 0 Å². The number of rotatable bonds is 4. The van der Waals surface area contributed by atoms with Crippen LogP contribution in [0.4, 0.5) is 0 Å². The highest BCUT2D eigenvalue weighted by Crippen LogP contribution is 2.28. The van der Waals surface area contributed by atoms with Crippen molar-refractivity contribution < 1.29 is 9.53 Å². The molecular weight excluding hydrogens is 214 g/mol. The minimum Gasteiger partial charge on any atom is -0.480 e. The smallest absolute Gasteiger partial charge is 0.261 e. The first kappa shape index (κ1) is 12.0. The zero-order chi connectivity index (χ0) is 12.3. The summed E-state index contributed by atoms with van der Waals surface area (Å²) in [6.45, 7) is 4.15. The van der Waals surface area contributed by atoms with Gasteiger partial charge in [0.15, 0.2) is 6.10 Å². The third-order valence-electron chi connectivity index (χ3n) is 3.05. The zero-order valence-corrected chi connectivity index (χ0v) is 10.4. The topological polar surface area (TPSA) is 38.3 Å². The van der Waals surface area contributed by atoms with Crippen molar-refractivity contribution in [3.8, 4) is 5.75 Å². The van der Waals surface area contributed by atoms with Crippen molar-refractivity contribution >= 4 is 5.91 Å². The number of amides is 1. The molecule has 1 aromatic carbocycles. The van der Waals surface area contributed by atoms with Crippen LogP contribution in [0.1, 0.15) is 32.3 Å². The van der Waals surface area contributed by atoms with Crippen LogP contribution >= 0.6 is 0 Å². The minimum absolute atomic E-state index is 0.00199. The summed E-state index contributed by atoms with van der Waals surface area (Å²) < 4.78 is 5.64. The van der Waals surface area contributed by atoms with E-state index in [-0.39, 0.29) is 18.1 Å². The first-order chi connectivity index (χ1) is 8.20. The SMILES string of the molecule is CCC[C@H](C)NC(=O)[C@H]1Cc2ccccc2O1. The Labute approximate surface area is 102 Å². The lowest BCUT2D eigenvalue weighted by molar-refractivity contribution is -0.127. The first-order valence-corrected chi connectivity index (χ1v) is 6.25. The maximum atomic E-state index is 12.0. The summed E-state index contributed by atoms with van der Waals surface area (Å²) >= 11 is 0. The molecule has 1 N–H and O–H groups in total. The predicted molar refractivity (Wildman–Crippen MR) is 67.1 cm³/mol. The maximum absolute atomic E-state index is 12.0. The molecule has 0 spiro atoms. The fraction of sp³-hybridized carbons (Fsp3) is 0.500. The lowest BCUT2D eigenvalue weighted by Crippen LogP contribution is -2.42. The molecule has 2 rings (SSSR count). The average Bonchev–Trinajstić information content (AvgIpc) is 2.72. The quantitative estimate of drug-likeness (QED) is 0.866. The molecule has 3 heteroatoms. The van der Waals surface area contributed by atoms with Crippen LogP contribution in [0.3, 0.4) is 0 Å². The van der Waals surface area contributed by atoms with Crippen molar-refractivity contribution in [3.05, 3.63) is 29.8 Å². The van der Waals surface area contributed by atoms with Crippen LogP contribution in [0.25, 0.3) is 0 Å². The van der Waals surface area contributed by atoms with Gasteiger partial charge in [0.25, 0.3) is 5.91 Å². The molecule has 0 fully saturated rings. The molecule has 92 valence electrons. The molecule has 3 nitrogen and oxygen atoms in total. The standard InChI is InChI=1S/C14H19NO2/c1-3-6-10(2)15-14(16)13-9-11-7-4-5-8-12(11)17-13/h4-5,7-8,10,13H,3,6,9H2,1-2H3,(H,15,16)/t10-,13+/m0/s1. The summed E-state index contributed by atoms with van der Waals surface area (Å²) in [7, 11) is 0. The molecule has 17 heavy (non-hydrogen) atoms. The number of hydrogen-bond acceptors (Lipinski definition) is 2. The van der Waals surface area contributed by atoms with Crippen molar-refractivity contribution in [2.45, 2.75) is 45.3 Å². The van der Waals surface area contributed by atoms with Crippen LogP contribution in [0.5, 0.6) is 5.75 Å². The second kappa shape index (κ2) is 5.21. The molecule has 0 radical (unpaired) electrons. The summed E-state index contributed by atoms with van der Waals surface area (Å²) in [5.74, 6) is 0.845. The molecule has 1 amide bonds. The molecule has 1 heterocycles. The van der Waals surface area contributed by atoms with Gasteiger partial charge in [-0.1, -0.05) is 31.5 Å². The average molecular weight is 233 g/mol. The third kappa shape index (κ3) is 2.78. The largest absolute Gasteiger partial charge is 0.480 e. The van der Waals surface area contributed by atoms with Gasteiger partial charge < -0.3 is 10.1 Å². The Bertz CT molecular complexity index is 378. The highest BCUT2D eigenvalue weighted by atomic mass is 16.5. The van der Waals surface area contributed by atoms with Crippen LogP contribution in [0.2, 0.25) is 0 Å². The second-order valence-electron chi connectivity index (χ2n) is 4.62. The van der Waals surface area contributed by atoms with Crippen LogP contribution in [0.15, 0.2) is 24.3 Å². The molecule has 1 aliphatic heterocycles. The van der Waals surface area contributed by atoms with Gasteiger partial charge in [-0.15, -0.1) is 0 Å². The highest BCUT2D eigenvalue weighted by molar-refractivity contribution is 5.82. The summed E-state index contributed by atoms with van der Waals surface area (Å²) in [6, 6.07) is 8.05. The lowest BCUT2D eigenvalue weighted by Gasteiger charge is -2.16. The number of hydrogen-bond donors (Lipinski definition) is 1. The van der Waals surface area contributed by atoms with Crippen LogP contribution < -0.4 is 10.1 Å². The number of ether oxygens (including phenoxy) is 1. The van der Waals surface area contributed by atoms with Gasteiger partial charge in [-0.25, -0.2) is 0 Å². The normalized spacial score (nSPS) is 19.3. The third-order valence-corrected chi connectivity index (χ3v) is 3.05. The van der Waals surface area contributed by atoms with Crippen LogP contribution in [-0.4, -0.2) is 18.1 Å². The van der Waals surface area contributed by atoms with E-state index in [2.05, 4.69) is 12.2 Å². The van der Waals surface area contributed by atoms with E-state index in [0.29, 0.717) is 6.42 Å². The fourth-order valence-corrected chi connectivity index (χ4v) is 2.17. The molecule has 0 aliphatic carbocycles. The first-order valence-electron chi connectivity index (χ1n) is 6.25. The molecule has 1 aromatic rings. The summed E-state index contributed by atoms with van der Waals surface area (Å²) in [4.78, 5) is 12.0. The Balaban J connectivity index is 1.92. The highest BCUT2D eigenvalue weighted by Gasteiger charge is 2.29. The number of para-hydroxylation sites is 1. The van der Waals surface area contributed by atoms with E-state index in [1.807, 2.05) is 31.2 Å². The molecule has 2 atom stereocenters. The fourth-order valence-electron chi connectivity index (χ4n) is 2.17. The number of carbonyl (C=O) groups is 1. The predicted octanol–water partition coefficient (Wildman–Crippen LogP) is 2.29. The second-order valence-corrected chi connectivity index (χ2v) is 4.62. The monoisotopic (exact) mass is 233 g/mol. The van der Waals surface area contributed by atoms with Crippen LogP contribution in [-0.2, 0) is 11.2 Å². The molecule has 0 aromatic heterocycles. The Hall–Kier alpha value is -1.51. The molecule has 0 saturated carbocycles. The van der Waals surface area contributed by atoms with Crippen LogP contribution in [0, 0.1) is 0 Å². The van der Waals surface area contributed by atoms with E-state index in [0.717, 1.165) is 24.2 Å². The number of carbonyl (C=O) groups excluding carboxylic acids is 1. The van der Waals surface area contributed by atoms with Crippen molar-refractivity contribution in [1.29, 1.82) is 0 Å². The Morgan fingerprint density at radius 1 is 1.53 bits per heavy atom. The summed E-state index contributed by atoms with van der Waals surface area (Å²) in [5.41, 5.74) is 1.12. The van der Waals surface area contributed by atoms with Crippen molar-refractivity contribution in [3.63, 3.8) is 0 Å². The minimum atomic E-state index is -0.355. The molecule has 0 bridgehead atoms. The van der Waals surface area contributed by atoms with Gasteiger partial charge in [0.1, 0.15) is 5.75 Å². The van der Waals surface area contributed by atoms with E-state index < -0.39 is 0 Å². The van der Waals surface area contributed by atoms with Crippen molar-refractivity contribution in [2.24, 2.45) is 0 Å². The van der Waals surface area contributed by atoms with E-state index in [9.17, 15) is 4.79 Å². The van der Waals surface area contributed by atoms with Gasteiger partial charge in [-0.05, 0) is 25.0 Å². The zero-order valence-electron chi connectivity index (χ0n) is 10.4. The maximum Gasteiger partial charge on any atom is 0.261 e.